The molecule has 4 rings (SSSR count). The second kappa shape index (κ2) is 4.95. The van der Waals surface area contributed by atoms with Crippen molar-refractivity contribution in [2.75, 3.05) is 24.6 Å². The third-order valence-corrected chi connectivity index (χ3v) is 4.60. The predicted molar refractivity (Wildman–Crippen MR) is 79.3 cm³/mol. The van der Waals surface area contributed by atoms with Crippen LogP contribution in [0.1, 0.15) is 36.2 Å². The van der Waals surface area contributed by atoms with Crippen LogP contribution in [0.2, 0.25) is 0 Å². The van der Waals surface area contributed by atoms with Gasteiger partial charge in [0.15, 0.2) is 11.3 Å². The fourth-order valence-electron chi connectivity index (χ4n) is 3.42. The summed E-state index contributed by atoms with van der Waals surface area (Å²) in [6.45, 7) is 2.63. The van der Waals surface area contributed by atoms with E-state index in [4.69, 9.17) is 9.84 Å². The monoisotopic (exact) mass is 302 g/mol. The SMILES string of the molecule is O=C(O)c1cc2nc(N3CCC4(CCCCO4)C3)ccn2n1. The molecular weight excluding hydrogens is 284 g/mol. The average Bonchev–Trinajstić information content (AvgIpc) is 3.12. The maximum atomic E-state index is 11.0. The van der Waals surface area contributed by atoms with Crippen LogP contribution >= 0.6 is 0 Å². The number of ether oxygens (including phenoxy) is 1. The fourth-order valence-corrected chi connectivity index (χ4v) is 3.42. The summed E-state index contributed by atoms with van der Waals surface area (Å²) in [6, 6.07) is 3.38. The van der Waals surface area contributed by atoms with Gasteiger partial charge in [0.25, 0.3) is 0 Å². The lowest BCUT2D eigenvalue weighted by molar-refractivity contribution is -0.0622. The first-order valence-corrected chi connectivity index (χ1v) is 7.64. The number of aromatic carboxylic acids is 1. The molecule has 1 unspecified atom stereocenters. The Labute approximate surface area is 127 Å². The molecule has 0 radical (unpaired) electrons. The van der Waals surface area contributed by atoms with Crippen molar-refractivity contribution in [3.63, 3.8) is 0 Å². The Morgan fingerprint density at radius 1 is 1.36 bits per heavy atom. The number of carboxylic acids is 1. The average molecular weight is 302 g/mol. The summed E-state index contributed by atoms with van der Waals surface area (Å²) in [5.41, 5.74) is 0.553. The van der Waals surface area contributed by atoms with Crippen molar-refractivity contribution in [3.05, 3.63) is 24.0 Å². The molecule has 0 amide bonds. The van der Waals surface area contributed by atoms with Crippen LogP contribution in [0.15, 0.2) is 18.3 Å². The maximum Gasteiger partial charge on any atom is 0.356 e. The number of carbonyl (C=O) groups is 1. The Morgan fingerprint density at radius 3 is 3.05 bits per heavy atom. The summed E-state index contributed by atoms with van der Waals surface area (Å²) in [5, 5.41) is 13.0. The van der Waals surface area contributed by atoms with Crippen molar-refractivity contribution in [1.82, 2.24) is 14.6 Å². The first kappa shape index (κ1) is 13.5. The van der Waals surface area contributed by atoms with Gasteiger partial charge in [-0.25, -0.2) is 14.3 Å². The molecule has 2 aromatic rings. The van der Waals surface area contributed by atoms with Crippen molar-refractivity contribution in [2.45, 2.75) is 31.3 Å². The van der Waals surface area contributed by atoms with Crippen LogP contribution in [0.25, 0.3) is 5.65 Å². The molecule has 0 aromatic carbocycles. The minimum absolute atomic E-state index is 0.0122. The molecule has 4 heterocycles. The summed E-state index contributed by atoms with van der Waals surface area (Å²) in [6.07, 6.45) is 6.28. The Morgan fingerprint density at radius 2 is 2.27 bits per heavy atom. The van der Waals surface area contributed by atoms with E-state index >= 15 is 0 Å². The molecule has 2 aliphatic rings. The van der Waals surface area contributed by atoms with E-state index in [0.717, 1.165) is 44.8 Å². The minimum Gasteiger partial charge on any atom is -0.476 e. The van der Waals surface area contributed by atoms with Gasteiger partial charge in [-0.05, 0) is 31.7 Å². The van der Waals surface area contributed by atoms with Crippen LogP contribution in [-0.4, -0.2) is 51.0 Å². The molecule has 2 aromatic heterocycles. The Bertz CT molecular complexity index is 721. The normalized spacial score (nSPS) is 25.2. The van der Waals surface area contributed by atoms with Gasteiger partial charge in [0, 0.05) is 32.0 Å². The van der Waals surface area contributed by atoms with E-state index in [9.17, 15) is 4.79 Å². The number of carboxylic acid groups (broad SMARTS) is 1. The second-order valence-electron chi connectivity index (χ2n) is 6.08. The van der Waals surface area contributed by atoms with Crippen LogP contribution < -0.4 is 4.90 Å². The molecule has 1 spiro atoms. The Kier molecular flexibility index (Phi) is 3.04. The van der Waals surface area contributed by atoms with Crippen LogP contribution in [0.3, 0.4) is 0 Å². The van der Waals surface area contributed by atoms with Gasteiger partial charge in [-0.1, -0.05) is 0 Å². The molecule has 7 heteroatoms. The van der Waals surface area contributed by atoms with E-state index in [1.165, 1.54) is 17.0 Å². The molecule has 0 saturated carbocycles. The summed E-state index contributed by atoms with van der Waals surface area (Å²) < 4.78 is 7.53. The van der Waals surface area contributed by atoms with E-state index in [0.29, 0.717) is 5.65 Å². The van der Waals surface area contributed by atoms with Gasteiger partial charge in [-0.3, -0.25) is 0 Å². The van der Waals surface area contributed by atoms with E-state index < -0.39 is 5.97 Å². The number of fused-ring (bicyclic) bond motifs is 1. The zero-order valence-corrected chi connectivity index (χ0v) is 12.2. The number of hydrogen-bond acceptors (Lipinski definition) is 5. The maximum absolute atomic E-state index is 11.0. The third-order valence-electron chi connectivity index (χ3n) is 4.60. The molecule has 116 valence electrons. The van der Waals surface area contributed by atoms with Crippen molar-refractivity contribution in [3.8, 4) is 0 Å². The fraction of sp³-hybridized carbons (Fsp3) is 0.533. The van der Waals surface area contributed by atoms with E-state index in [1.807, 2.05) is 6.07 Å². The topological polar surface area (TPSA) is 80.0 Å². The van der Waals surface area contributed by atoms with Crippen LogP contribution in [0.4, 0.5) is 5.82 Å². The zero-order chi connectivity index (χ0) is 15.2. The highest BCUT2D eigenvalue weighted by Gasteiger charge is 2.40. The lowest BCUT2D eigenvalue weighted by Gasteiger charge is -2.33. The van der Waals surface area contributed by atoms with Gasteiger partial charge in [0.05, 0.1) is 5.60 Å². The molecule has 7 nitrogen and oxygen atoms in total. The molecule has 22 heavy (non-hydrogen) atoms. The van der Waals surface area contributed by atoms with Crippen molar-refractivity contribution >= 4 is 17.4 Å². The van der Waals surface area contributed by atoms with Gasteiger partial charge < -0.3 is 14.7 Å². The van der Waals surface area contributed by atoms with Crippen molar-refractivity contribution < 1.29 is 14.6 Å². The molecular formula is C15H18N4O3. The highest BCUT2D eigenvalue weighted by atomic mass is 16.5. The number of anilines is 1. The van der Waals surface area contributed by atoms with Gasteiger partial charge in [-0.15, -0.1) is 0 Å². The molecule has 2 saturated heterocycles. The molecule has 0 aliphatic carbocycles. The summed E-state index contributed by atoms with van der Waals surface area (Å²) in [4.78, 5) is 17.8. The van der Waals surface area contributed by atoms with E-state index in [-0.39, 0.29) is 11.3 Å². The van der Waals surface area contributed by atoms with Crippen LogP contribution in [0.5, 0.6) is 0 Å². The summed E-state index contributed by atoms with van der Waals surface area (Å²) in [5.74, 6) is -0.182. The third kappa shape index (κ3) is 2.21. The quantitative estimate of drug-likeness (QED) is 0.907. The Balaban J connectivity index is 1.60. The number of hydrogen-bond donors (Lipinski definition) is 1. The van der Waals surface area contributed by atoms with Crippen LogP contribution in [-0.2, 0) is 4.74 Å². The molecule has 2 aliphatic heterocycles. The number of rotatable bonds is 2. The van der Waals surface area contributed by atoms with E-state index in [1.54, 1.807) is 6.20 Å². The van der Waals surface area contributed by atoms with Gasteiger partial charge >= 0.3 is 5.97 Å². The van der Waals surface area contributed by atoms with Gasteiger partial charge in [0.2, 0.25) is 0 Å². The van der Waals surface area contributed by atoms with E-state index in [2.05, 4.69) is 15.0 Å². The largest absolute Gasteiger partial charge is 0.476 e. The van der Waals surface area contributed by atoms with Crippen LogP contribution in [0, 0.1) is 0 Å². The minimum atomic E-state index is -1.04. The van der Waals surface area contributed by atoms with Crippen molar-refractivity contribution in [1.29, 1.82) is 0 Å². The smallest absolute Gasteiger partial charge is 0.356 e. The Hall–Kier alpha value is -2.15. The molecule has 0 bridgehead atoms. The highest BCUT2D eigenvalue weighted by Crippen LogP contribution is 2.35. The predicted octanol–water partition coefficient (Wildman–Crippen LogP) is 1.58. The molecule has 1 N–H and O–H groups in total. The number of aromatic nitrogens is 3. The standard InChI is InChI=1S/C15H18N4O3/c20-14(21)11-9-13-16-12(3-6-19(13)17-11)18-7-5-15(10-18)4-1-2-8-22-15/h3,6,9H,1-2,4-5,7-8,10H2,(H,20,21). The van der Waals surface area contributed by atoms with Gasteiger partial charge in [0.1, 0.15) is 5.82 Å². The first-order valence-electron chi connectivity index (χ1n) is 7.64. The number of nitrogens with zero attached hydrogens (tertiary/aromatic N) is 4. The van der Waals surface area contributed by atoms with Gasteiger partial charge in [-0.2, -0.15) is 5.10 Å². The lowest BCUT2D eigenvalue weighted by Crippen LogP contribution is -2.39. The molecule has 1 atom stereocenters. The first-order chi connectivity index (χ1) is 10.7. The zero-order valence-electron chi connectivity index (χ0n) is 12.2. The second-order valence-corrected chi connectivity index (χ2v) is 6.08. The van der Waals surface area contributed by atoms with Crippen molar-refractivity contribution in [2.24, 2.45) is 0 Å². The highest BCUT2D eigenvalue weighted by molar-refractivity contribution is 5.86. The molecule has 2 fully saturated rings. The summed E-state index contributed by atoms with van der Waals surface area (Å²) >= 11 is 0. The lowest BCUT2D eigenvalue weighted by atomic mass is 9.93. The summed E-state index contributed by atoms with van der Waals surface area (Å²) in [7, 11) is 0.